The van der Waals surface area contributed by atoms with Crippen molar-refractivity contribution < 1.29 is 23.9 Å². The van der Waals surface area contributed by atoms with Crippen molar-refractivity contribution in [2.75, 3.05) is 26.8 Å². The highest BCUT2D eigenvalue weighted by Gasteiger charge is 2.42. The van der Waals surface area contributed by atoms with Crippen LogP contribution in [0.5, 0.6) is 0 Å². The van der Waals surface area contributed by atoms with Gasteiger partial charge in [0, 0.05) is 31.3 Å². The van der Waals surface area contributed by atoms with Gasteiger partial charge in [-0.05, 0) is 38.3 Å². The maximum absolute atomic E-state index is 12.8. The summed E-state index contributed by atoms with van der Waals surface area (Å²) in [4.78, 5) is 39.9. The van der Waals surface area contributed by atoms with Gasteiger partial charge in [-0.25, -0.2) is 9.59 Å². The van der Waals surface area contributed by atoms with E-state index in [-0.39, 0.29) is 30.1 Å². The van der Waals surface area contributed by atoms with E-state index in [1.54, 1.807) is 11.8 Å². The molecule has 0 aromatic carbocycles. The minimum Gasteiger partial charge on any atom is -0.466 e. The predicted octanol–water partition coefficient (Wildman–Crippen LogP) is 2.29. The van der Waals surface area contributed by atoms with Gasteiger partial charge in [-0.1, -0.05) is 6.58 Å². The minimum atomic E-state index is -1.54. The maximum atomic E-state index is 12.8. The van der Waals surface area contributed by atoms with Crippen LogP contribution < -0.4 is 0 Å². The van der Waals surface area contributed by atoms with E-state index in [0.29, 0.717) is 13.1 Å². The van der Waals surface area contributed by atoms with E-state index >= 15 is 0 Å². The van der Waals surface area contributed by atoms with Crippen molar-refractivity contribution in [3.8, 4) is 6.07 Å². The van der Waals surface area contributed by atoms with E-state index in [2.05, 4.69) is 17.4 Å². The van der Waals surface area contributed by atoms with Crippen molar-refractivity contribution >= 4 is 18.0 Å². The summed E-state index contributed by atoms with van der Waals surface area (Å²) in [5.41, 5.74) is -1.23. The van der Waals surface area contributed by atoms with Crippen molar-refractivity contribution in [3.63, 3.8) is 0 Å². The van der Waals surface area contributed by atoms with E-state index in [0.717, 1.165) is 24.2 Å². The number of hydrogen-bond acceptors (Lipinski definition) is 6. The lowest BCUT2D eigenvalue weighted by Crippen LogP contribution is -2.50. The first-order valence-electron chi connectivity index (χ1n) is 9.22. The van der Waals surface area contributed by atoms with Gasteiger partial charge < -0.3 is 14.4 Å². The Labute approximate surface area is 164 Å². The van der Waals surface area contributed by atoms with Gasteiger partial charge >= 0.3 is 12.1 Å². The molecular formula is C20H25N3O5. The molecule has 8 heteroatoms. The average molecular weight is 387 g/mol. The first-order valence-corrected chi connectivity index (χ1v) is 9.22. The van der Waals surface area contributed by atoms with Crippen LogP contribution in [0.4, 0.5) is 4.79 Å². The second kappa shape index (κ2) is 9.22. The molecule has 2 aliphatic heterocycles. The van der Waals surface area contributed by atoms with Crippen molar-refractivity contribution in [3.05, 3.63) is 36.1 Å². The summed E-state index contributed by atoms with van der Waals surface area (Å²) in [6.07, 6.45) is 6.28. The van der Waals surface area contributed by atoms with Gasteiger partial charge in [0.25, 0.3) is 5.91 Å². The van der Waals surface area contributed by atoms with Crippen LogP contribution in [0.2, 0.25) is 0 Å². The Bertz CT molecular complexity index is 758. The number of esters is 1. The molecule has 1 unspecified atom stereocenters. The zero-order chi connectivity index (χ0) is 20.7. The Morgan fingerprint density at radius 3 is 2.54 bits per heavy atom. The molecule has 150 valence electrons. The van der Waals surface area contributed by atoms with Gasteiger partial charge in [-0.2, -0.15) is 5.26 Å². The van der Waals surface area contributed by atoms with Crippen molar-refractivity contribution in [1.82, 2.24) is 9.80 Å². The van der Waals surface area contributed by atoms with Crippen LogP contribution in [-0.2, 0) is 19.1 Å². The zero-order valence-electron chi connectivity index (χ0n) is 16.3. The fourth-order valence-corrected chi connectivity index (χ4v) is 3.24. The molecule has 0 bridgehead atoms. The minimum absolute atomic E-state index is 0.0298. The number of ether oxygens (including phenoxy) is 2. The van der Waals surface area contributed by atoms with Crippen LogP contribution in [0.15, 0.2) is 36.1 Å². The number of nitrogens with zero attached hydrogens (tertiary/aromatic N) is 3. The quantitative estimate of drug-likeness (QED) is 0.530. The normalized spacial score (nSPS) is 21.4. The molecule has 2 heterocycles. The van der Waals surface area contributed by atoms with Gasteiger partial charge in [0.05, 0.1) is 25.4 Å². The Morgan fingerprint density at radius 2 is 1.96 bits per heavy atom. The Morgan fingerprint density at radius 1 is 1.29 bits per heavy atom. The van der Waals surface area contributed by atoms with Crippen molar-refractivity contribution in [2.45, 2.75) is 38.1 Å². The lowest BCUT2D eigenvalue weighted by molar-refractivity contribution is -0.136. The molecule has 0 aromatic rings. The molecule has 8 nitrogen and oxygen atoms in total. The Kier molecular flexibility index (Phi) is 6.99. The molecular weight excluding hydrogens is 362 g/mol. The van der Waals surface area contributed by atoms with E-state index in [1.165, 1.54) is 25.5 Å². The fraction of sp³-hybridized carbons (Fsp3) is 0.500. The standard InChI is InChI=1S/C20H25N3O5/c1-4-28-19(26)23-13-16(17(24)22-10-6-5-7-11-22)8-9-20(23,14-21)12-15(2)18(25)27-3/h8-9,13H,2,4-7,10-12H2,1,3H3. The number of amides is 2. The summed E-state index contributed by atoms with van der Waals surface area (Å²) < 4.78 is 9.71. The second-order valence-corrected chi connectivity index (χ2v) is 6.65. The monoisotopic (exact) mass is 387 g/mol. The first kappa shape index (κ1) is 21.2. The van der Waals surface area contributed by atoms with E-state index < -0.39 is 17.6 Å². The number of hydrogen-bond donors (Lipinski definition) is 0. The molecule has 1 saturated heterocycles. The molecule has 2 rings (SSSR count). The van der Waals surface area contributed by atoms with Gasteiger partial charge in [0.1, 0.15) is 0 Å². The highest BCUT2D eigenvalue weighted by molar-refractivity contribution is 5.97. The third-order valence-electron chi connectivity index (χ3n) is 4.74. The van der Waals surface area contributed by atoms with Gasteiger partial charge in [-0.3, -0.25) is 9.69 Å². The van der Waals surface area contributed by atoms with Gasteiger partial charge in [0.2, 0.25) is 0 Å². The van der Waals surface area contributed by atoms with Crippen LogP contribution in [0.1, 0.15) is 32.6 Å². The Hall–Kier alpha value is -3.08. The summed E-state index contributed by atoms with van der Waals surface area (Å²) >= 11 is 0. The summed E-state index contributed by atoms with van der Waals surface area (Å²) in [7, 11) is 1.21. The van der Waals surface area contributed by atoms with E-state index in [9.17, 15) is 19.6 Å². The summed E-state index contributed by atoms with van der Waals surface area (Å²) in [5.74, 6) is -0.880. The predicted molar refractivity (Wildman–Crippen MR) is 101 cm³/mol. The number of piperidine rings is 1. The topological polar surface area (TPSA) is 99.9 Å². The molecule has 1 atom stereocenters. The van der Waals surface area contributed by atoms with Crippen LogP contribution in [-0.4, -0.2) is 60.1 Å². The van der Waals surface area contributed by atoms with Crippen molar-refractivity contribution in [2.24, 2.45) is 0 Å². The molecule has 1 fully saturated rings. The van der Waals surface area contributed by atoms with Crippen LogP contribution in [0.25, 0.3) is 0 Å². The molecule has 2 amide bonds. The SMILES string of the molecule is C=C(CC1(C#N)C=CC(C(=O)N2CCCCC2)=CN1C(=O)OCC)C(=O)OC. The third-order valence-corrected chi connectivity index (χ3v) is 4.74. The number of methoxy groups -OCH3 is 1. The second-order valence-electron chi connectivity index (χ2n) is 6.65. The molecule has 0 radical (unpaired) electrons. The summed E-state index contributed by atoms with van der Waals surface area (Å²) in [5, 5.41) is 9.84. The molecule has 0 aromatic heterocycles. The molecule has 28 heavy (non-hydrogen) atoms. The average Bonchev–Trinajstić information content (AvgIpc) is 2.73. The third kappa shape index (κ3) is 4.42. The molecule has 0 aliphatic carbocycles. The van der Waals surface area contributed by atoms with Crippen LogP contribution in [0.3, 0.4) is 0 Å². The zero-order valence-corrected chi connectivity index (χ0v) is 16.3. The van der Waals surface area contributed by atoms with E-state index in [4.69, 9.17) is 4.74 Å². The van der Waals surface area contributed by atoms with Crippen molar-refractivity contribution in [1.29, 1.82) is 5.26 Å². The smallest absolute Gasteiger partial charge is 0.415 e. The lowest BCUT2D eigenvalue weighted by Gasteiger charge is -2.37. The number of nitriles is 1. The molecule has 2 aliphatic rings. The highest BCUT2D eigenvalue weighted by atomic mass is 16.6. The molecule has 0 spiro atoms. The van der Waals surface area contributed by atoms with Gasteiger partial charge in [0.15, 0.2) is 5.54 Å². The van der Waals surface area contributed by atoms with Crippen LogP contribution >= 0.6 is 0 Å². The number of carbonyl (C=O) groups is 3. The first-order chi connectivity index (χ1) is 13.4. The van der Waals surface area contributed by atoms with Gasteiger partial charge in [-0.15, -0.1) is 0 Å². The van der Waals surface area contributed by atoms with Crippen LogP contribution in [0, 0.1) is 11.3 Å². The number of carbonyl (C=O) groups excluding carboxylic acids is 3. The fourth-order valence-electron chi connectivity index (χ4n) is 3.24. The van der Waals surface area contributed by atoms with E-state index in [1.807, 2.05) is 0 Å². The molecule has 0 saturated carbocycles. The number of rotatable bonds is 5. The maximum Gasteiger partial charge on any atom is 0.415 e. The summed E-state index contributed by atoms with van der Waals surface area (Å²) in [6.45, 7) is 6.70. The summed E-state index contributed by atoms with van der Waals surface area (Å²) in [6, 6.07) is 2.06. The Balaban J connectivity index is 2.35. The number of likely N-dealkylation sites (tertiary alicyclic amines) is 1. The highest BCUT2D eigenvalue weighted by Crippen LogP contribution is 2.32. The molecule has 0 N–H and O–H groups in total. The largest absolute Gasteiger partial charge is 0.466 e. The lowest BCUT2D eigenvalue weighted by atomic mass is 9.87.